The van der Waals surface area contributed by atoms with Gasteiger partial charge in [0.05, 0.1) is 12.3 Å². The van der Waals surface area contributed by atoms with E-state index in [1.807, 2.05) is 6.92 Å². The van der Waals surface area contributed by atoms with Crippen molar-refractivity contribution >= 4 is 23.3 Å². The van der Waals surface area contributed by atoms with Crippen LogP contribution >= 0.6 is 0 Å². The second-order valence-corrected chi connectivity index (χ2v) is 6.25. The van der Waals surface area contributed by atoms with Crippen molar-refractivity contribution in [1.29, 1.82) is 0 Å². The Labute approximate surface area is 179 Å². The van der Waals surface area contributed by atoms with Gasteiger partial charge in [-0.25, -0.2) is 4.79 Å². The van der Waals surface area contributed by atoms with Gasteiger partial charge in [0.2, 0.25) is 0 Å². The summed E-state index contributed by atoms with van der Waals surface area (Å²) in [5.74, 6) is 1.42. The fourth-order valence-corrected chi connectivity index (χ4v) is 2.59. The summed E-state index contributed by atoms with van der Waals surface area (Å²) in [6, 6.07) is 16.8. The maximum atomic E-state index is 12.1. The molecule has 0 aliphatic heterocycles. The highest BCUT2D eigenvalue weighted by atomic mass is 16.5. The van der Waals surface area contributed by atoms with Gasteiger partial charge in [-0.05, 0) is 49.4 Å². The average Bonchev–Trinajstić information content (AvgIpc) is 2.79. The van der Waals surface area contributed by atoms with Crippen molar-refractivity contribution in [2.75, 3.05) is 24.4 Å². The largest absolute Gasteiger partial charge is 0.494 e. The van der Waals surface area contributed by atoms with E-state index < -0.39 is 6.03 Å². The van der Waals surface area contributed by atoms with E-state index in [0.29, 0.717) is 29.5 Å². The van der Waals surface area contributed by atoms with E-state index >= 15 is 0 Å². The van der Waals surface area contributed by atoms with Crippen molar-refractivity contribution in [3.05, 3.63) is 72.6 Å². The number of nitrogens with zero attached hydrogens (tertiary/aromatic N) is 1. The van der Waals surface area contributed by atoms with Crippen LogP contribution in [-0.2, 0) is 0 Å². The molecule has 0 saturated carbocycles. The lowest BCUT2D eigenvalue weighted by atomic mass is 10.3. The van der Waals surface area contributed by atoms with Crippen molar-refractivity contribution in [2.45, 2.75) is 6.92 Å². The highest BCUT2D eigenvalue weighted by Crippen LogP contribution is 2.24. The molecule has 160 valence electrons. The van der Waals surface area contributed by atoms with E-state index in [9.17, 15) is 9.59 Å². The van der Waals surface area contributed by atoms with Gasteiger partial charge in [0.15, 0.2) is 0 Å². The van der Waals surface area contributed by atoms with Crippen LogP contribution in [0.5, 0.6) is 17.2 Å². The number of rotatable bonds is 8. The zero-order valence-electron chi connectivity index (χ0n) is 17.1. The van der Waals surface area contributed by atoms with Crippen LogP contribution < -0.4 is 31.0 Å². The summed E-state index contributed by atoms with van der Waals surface area (Å²) in [6.45, 7) is 2.49. The molecule has 3 amide bonds. The van der Waals surface area contributed by atoms with E-state index in [-0.39, 0.29) is 11.6 Å². The first-order valence-corrected chi connectivity index (χ1v) is 9.59. The molecule has 0 radical (unpaired) electrons. The number of urea groups is 1. The van der Waals surface area contributed by atoms with Crippen molar-refractivity contribution in [3.63, 3.8) is 0 Å². The molecule has 0 spiro atoms. The van der Waals surface area contributed by atoms with E-state index in [2.05, 4.69) is 26.5 Å². The predicted octanol–water partition coefficient (Wildman–Crippen LogP) is 3.78. The summed E-state index contributed by atoms with van der Waals surface area (Å²) in [5, 5.41) is 5.23. The van der Waals surface area contributed by atoms with Gasteiger partial charge in [0.25, 0.3) is 5.91 Å². The number of pyridine rings is 1. The maximum absolute atomic E-state index is 12.1. The van der Waals surface area contributed by atoms with Crippen LogP contribution in [0.25, 0.3) is 0 Å². The molecular weight excluding hydrogens is 398 g/mol. The van der Waals surface area contributed by atoms with Crippen molar-refractivity contribution in [1.82, 2.24) is 15.7 Å². The van der Waals surface area contributed by atoms with Crippen LogP contribution in [0.3, 0.4) is 0 Å². The molecular formula is C22H23N5O4. The van der Waals surface area contributed by atoms with E-state index in [4.69, 9.17) is 9.47 Å². The number of amides is 3. The molecule has 4 N–H and O–H groups in total. The molecule has 0 saturated heterocycles. The topological polar surface area (TPSA) is 114 Å². The monoisotopic (exact) mass is 421 g/mol. The Morgan fingerprint density at radius 2 is 1.71 bits per heavy atom. The van der Waals surface area contributed by atoms with E-state index in [0.717, 1.165) is 5.75 Å². The lowest BCUT2D eigenvalue weighted by Gasteiger charge is -2.12. The minimum Gasteiger partial charge on any atom is -0.494 e. The molecule has 0 atom stereocenters. The molecule has 1 heterocycles. The molecule has 3 aromatic rings. The second kappa shape index (κ2) is 10.5. The quantitative estimate of drug-likeness (QED) is 0.412. The number of carbonyl (C=O) groups excluding carboxylic acids is 2. The number of hydrazine groups is 1. The van der Waals surface area contributed by atoms with Gasteiger partial charge in [-0.3, -0.25) is 20.6 Å². The lowest BCUT2D eigenvalue weighted by Crippen LogP contribution is -2.33. The first-order valence-electron chi connectivity index (χ1n) is 9.59. The first-order chi connectivity index (χ1) is 15.1. The van der Waals surface area contributed by atoms with Crippen LogP contribution in [0.15, 0.2) is 66.9 Å². The smallest absolute Gasteiger partial charge is 0.337 e. The first kappa shape index (κ1) is 21.4. The number of hydrogen-bond acceptors (Lipinski definition) is 6. The van der Waals surface area contributed by atoms with Crippen LogP contribution in [0, 0.1) is 0 Å². The summed E-state index contributed by atoms with van der Waals surface area (Å²) in [6.07, 6.45) is 1.49. The van der Waals surface area contributed by atoms with Gasteiger partial charge in [-0.15, -0.1) is 0 Å². The number of anilines is 2. The fraction of sp³-hybridized carbons (Fsp3) is 0.136. The molecule has 0 bridgehead atoms. The third-order valence-corrected chi connectivity index (χ3v) is 4.00. The summed E-state index contributed by atoms with van der Waals surface area (Å²) in [5.41, 5.74) is 6.87. The molecule has 0 fully saturated rings. The Kier molecular flexibility index (Phi) is 7.26. The summed E-state index contributed by atoms with van der Waals surface area (Å²) in [7, 11) is 1.53. The van der Waals surface area contributed by atoms with Gasteiger partial charge in [-0.2, -0.15) is 0 Å². The average molecular weight is 421 g/mol. The van der Waals surface area contributed by atoms with Crippen molar-refractivity contribution in [2.24, 2.45) is 0 Å². The third-order valence-electron chi connectivity index (χ3n) is 4.00. The van der Waals surface area contributed by atoms with Gasteiger partial charge >= 0.3 is 6.03 Å². The Balaban J connectivity index is 1.55. The zero-order chi connectivity index (χ0) is 22.1. The highest BCUT2D eigenvalue weighted by Gasteiger charge is 2.07. The van der Waals surface area contributed by atoms with Crippen LogP contribution in [0.4, 0.5) is 16.2 Å². The number of carbonyl (C=O) groups is 2. The van der Waals surface area contributed by atoms with Gasteiger partial charge in [0.1, 0.15) is 22.9 Å². The molecule has 1 aromatic heterocycles. The van der Waals surface area contributed by atoms with Gasteiger partial charge < -0.3 is 20.1 Å². The second-order valence-electron chi connectivity index (χ2n) is 6.25. The van der Waals surface area contributed by atoms with E-state index in [1.165, 1.54) is 13.2 Å². The standard InChI is InChI=1S/C22H23N5O4/c1-3-30-17-9-7-15(8-10-17)25-22(29)27-26-16-5-4-6-18(13-16)31-19-11-12-24-20(14-19)21(28)23-2/h4-14,26H,3H2,1-2H3,(H,23,28)(H2,25,27,29). The fourth-order valence-electron chi connectivity index (χ4n) is 2.59. The summed E-state index contributed by atoms with van der Waals surface area (Å²) in [4.78, 5) is 27.8. The van der Waals surface area contributed by atoms with Gasteiger partial charge in [0, 0.05) is 31.1 Å². The SMILES string of the molecule is CCOc1ccc(NC(=O)NNc2cccc(Oc3ccnc(C(=O)NC)c3)c2)cc1. The number of aromatic nitrogens is 1. The Morgan fingerprint density at radius 1 is 0.935 bits per heavy atom. The minimum absolute atomic E-state index is 0.252. The maximum Gasteiger partial charge on any atom is 0.337 e. The summed E-state index contributed by atoms with van der Waals surface area (Å²) >= 11 is 0. The molecule has 3 rings (SSSR count). The molecule has 0 unspecified atom stereocenters. The zero-order valence-corrected chi connectivity index (χ0v) is 17.1. The van der Waals surface area contributed by atoms with E-state index in [1.54, 1.807) is 60.7 Å². The third kappa shape index (κ3) is 6.36. The number of ether oxygens (including phenoxy) is 2. The molecule has 2 aromatic carbocycles. The van der Waals surface area contributed by atoms with Crippen molar-refractivity contribution < 1.29 is 19.1 Å². The predicted molar refractivity (Wildman–Crippen MR) is 118 cm³/mol. The molecule has 0 aliphatic carbocycles. The van der Waals surface area contributed by atoms with Crippen LogP contribution in [0.1, 0.15) is 17.4 Å². The lowest BCUT2D eigenvalue weighted by molar-refractivity contribution is 0.0958. The molecule has 0 aliphatic rings. The number of benzene rings is 2. The number of nitrogens with one attached hydrogen (secondary N) is 4. The Bertz CT molecular complexity index is 1040. The highest BCUT2D eigenvalue weighted by molar-refractivity contribution is 5.92. The van der Waals surface area contributed by atoms with Crippen LogP contribution in [0.2, 0.25) is 0 Å². The van der Waals surface area contributed by atoms with Gasteiger partial charge in [-0.1, -0.05) is 6.07 Å². The van der Waals surface area contributed by atoms with Crippen molar-refractivity contribution in [3.8, 4) is 17.2 Å². The minimum atomic E-state index is -0.431. The Hall–Kier alpha value is -4.27. The molecule has 9 heteroatoms. The Morgan fingerprint density at radius 3 is 2.45 bits per heavy atom. The number of hydrogen-bond donors (Lipinski definition) is 4. The summed E-state index contributed by atoms with van der Waals surface area (Å²) < 4.78 is 11.2. The molecule has 9 nitrogen and oxygen atoms in total. The van der Waals surface area contributed by atoms with Crippen LogP contribution in [-0.4, -0.2) is 30.6 Å². The molecule has 31 heavy (non-hydrogen) atoms. The normalized spacial score (nSPS) is 10.0.